The van der Waals surface area contributed by atoms with Crippen LogP contribution in [0.2, 0.25) is 0 Å². The molecule has 0 unspecified atom stereocenters. The molecule has 0 amide bonds. The molecule has 98 valence electrons. The van der Waals surface area contributed by atoms with E-state index in [1.807, 2.05) is 49.4 Å². The fraction of sp³-hybridized carbons (Fsp3) is 0.188. The first-order valence-corrected chi connectivity index (χ1v) is 6.81. The van der Waals surface area contributed by atoms with Gasteiger partial charge >= 0.3 is 0 Å². The molecular weight excluding hydrogens is 304 g/mol. The van der Waals surface area contributed by atoms with Crippen molar-refractivity contribution in [2.24, 2.45) is 0 Å². The van der Waals surface area contributed by atoms with Crippen molar-refractivity contribution < 1.29 is 9.53 Å². The quantitative estimate of drug-likeness (QED) is 0.790. The monoisotopic (exact) mass is 318 g/mol. The largest absolute Gasteiger partial charge is 0.496 e. The normalized spacial score (nSPS) is 10.3. The maximum absolute atomic E-state index is 12.1. The van der Waals surface area contributed by atoms with Gasteiger partial charge in [-0.1, -0.05) is 35.9 Å². The van der Waals surface area contributed by atoms with Crippen LogP contribution in [0.4, 0.5) is 0 Å². The number of rotatable bonds is 4. The lowest BCUT2D eigenvalue weighted by Crippen LogP contribution is -2.03. The maximum Gasteiger partial charge on any atom is 0.167 e. The van der Waals surface area contributed by atoms with Crippen molar-refractivity contribution in [3.63, 3.8) is 0 Å². The fourth-order valence-corrected chi connectivity index (χ4v) is 2.43. The van der Waals surface area contributed by atoms with Crippen molar-refractivity contribution in [1.82, 2.24) is 0 Å². The van der Waals surface area contributed by atoms with E-state index >= 15 is 0 Å². The summed E-state index contributed by atoms with van der Waals surface area (Å²) in [7, 11) is 1.62. The summed E-state index contributed by atoms with van der Waals surface area (Å²) in [6.07, 6.45) is 0.394. The Morgan fingerprint density at radius 1 is 1.16 bits per heavy atom. The summed E-state index contributed by atoms with van der Waals surface area (Å²) >= 11 is 3.43. The van der Waals surface area contributed by atoms with Gasteiger partial charge in [0.05, 0.1) is 11.6 Å². The van der Waals surface area contributed by atoms with E-state index in [4.69, 9.17) is 4.74 Å². The van der Waals surface area contributed by atoms with Gasteiger partial charge in [-0.2, -0.15) is 0 Å². The first-order chi connectivity index (χ1) is 9.10. The minimum atomic E-state index is 0.122. The van der Waals surface area contributed by atoms with Crippen LogP contribution in [0.25, 0.3) is 0 Å². The predicted octanol–water partition coefficient (Wildman–Crippen LogP) is 4.19. The first kappa shape index (κ1) is 13.8. The number of ether oxygens (including phenoxy) is 1. The van der Waals surface area contributed by atoms with Crippen LogP contribution in [-0.4, -0.2) is 12.9 Å². The Morgan fingerprint density at radius 2 is 1.84 bits per heavy atom. The van der Waals surface area contributed by atoms with Crippen molar-refractivity contribution in [3.8, 4) is 5.75 Å². The van der Waals surface area contributed by atoms with Crippen LogP contribution in [0.3, 0.4) is 0 Å². The second-order valence-electron chi connectivity index (χ2n) is 4.43. The Balaban J connectivity index is 2.14. The molecule has 2 nitrogen and oxygen atoms in total. The van der Waals surface area contributed by atoms with Gasteiger partial charge < -0.3 is 4.74 Å². The third-order valence-electron chi connectivity index (χ3n) is 2.95. The Bertz CT molecular complexity index is 588. The molecule has 19 heavy (non-hydrogen) atoms. The SMILES string of the molecule is COc1ccc(CC(=O)c2ccc(C)cc2)cc1Br. The number of aryl methyl sites for hydroxylation is 1. The van der Waals surface area contributed by atoms with E-state index in [1.165, 1.54) is 0 Å². The standard InChI is InChI=1S/C16H15BrO2/c1-11-3-6-13(7-4-11)15(18)10-12-5-8-16(19-2)14(17)9-12/h3-9H,10H2,1-2H3. The minimum Gasteiger partial charge on any atom is -0.496 e. The number of hydrogen-bond donors (Lipinski definition) is 0. The summed E-state index contributed by atoms with van der Waals surface area (Å²) in [5.74, 6) is 0.892. The van der Waals surface area contributed by atoms with Gasteiger partial charge in [-0.25, -0.2) is 0 Å². The molecule has 0 atom stereocenters. The lowest BCUT2D eigenvalue weighted by Gasteiger charge is -2.06. The van der Waals surface area contributed by atoms with Gasteiger partial charge in [0.1, 0.15) is 5.75 Å². The highest BCUT2D eigenvalue weighted by molar-refractivity contribution is 9.10. The molecule has 0 saturated carbocycles. The highest BCUT2D eigenvalue weighted by atomic mass is 79.9. The van der Waals surface area contributed by atoms with Gasteiger partial charge in [-0.3, -0.25) is 4.79 Å². The molecule has 2 rings (SSSR count). The molecule has 0 aliphatic carbocycles. The van der Waals surface area contributed by atoms with Gasteiger partial charge in [0.15, 0.2) is 5.78 Å². The number of halogens is 1. The molecule has 0 aliphatic heterocycles. The Labute approximate surface area is 121 Å². The number of hydrogen-bond acceptors (Lipinski definition) is 2. The number of carbonyl (C=O) groups is 1. The molecule has 0 aliphatic rings. The molecule has 0 aromatic heterocycles. The third kappa shape index (κ3) is 3.44. The Morgan fingerprint density at radius 3 is 2.42 bits per heavy atom. The zero-order valence-corrected chi connectivity index (χ0v) is 12.5. The van der Waals surface area contributed by atoms with Crippen LogP contribution in [0, 0.1) is 6.92 Å². The highest BCUT2D eigenvalue weighted by Crippen LogP contribution is 2.26. The van der Waals surface area contributed by atoms with E-state index in [2.05, 4.69) is 15.9 Å². The molecule has 0 spiro atoms. The molecule has 3 heteroatoms. The molecular formula is C16H15BrO2. The number of ketones is 1. The van der Waals surface area contributed by atoms with E-state index in [1.54, 1.807) is 7.11 Å². The van der Waals surface area contributed by atoms with Gasteiger partial charge in [0.2, 0.25) is 0 Å². The molecule has 0 fully saturated rings. The fourth-order valence-electron chi connectivity index (χ4n) is 1.85. The zero-order chi connectivity index (χ0) is 13.8. The third-order valence-corrected chi connectivity index (χ3v) is 3.57. The van der Waals surface area contributed by atoms with E-state index in [-0.39, 0.29) is 5.78 Å². The van der Waals surface area contributed by atoms with E-state index in [0.29, 0.717) is 6.42 Å². The van der Waals surface area contributed by atoms with Crippen LogP contribution in [0.15, 0.2) is 46.9 Å². The van der Waals surface area contributed by atoms with Crippen molar-refractivity contribution >= 4 is 21.7 Å². The molecule has 0 heterocycles. The lowest BCUT2D eigenvalue weighted by molar-refractivity contribution is 0.0993. The lowest BCUT2D eigenvalue weighted by atomic mass is 10.0. The predicted molar refractivity (Wildman–Crippen MR) is 79.9 cm³/mol. The highest BCUT2D eigenvalue weighted by Gasteiger charge is 2.08. The number of benzene rings is 2. The molecule has 0 saturated heterocycles. The van der Waals surface area contributed by atoms with Crippen LogP contribution >= 0.6 is 15.9 Å². The summed E-state index contributed by atoms with van der Waals surface area (Å²) < 4.78 is 6.04. The molecule has 0 radical (unpaired) electrons. The summed E-state index contributed by atoms with van der Waals surface area (Å²) in [4.78, 5) is 12.1. The number of Topliss-reactive ketones (excluding diaryl/α,β-unsaturated/α-hetero) is 1. The topological polar surface area (TPSA) is 26.3 Å². The van der Waals surface area contributed by atoms with Crippen molar-refractivity contribution in [2.45, 2.75) is 13.3 Å². The zero-order valence-electron chi connectivity index (χ0n) is 10.9. The number of carbonyl (C=O) groups excluding carboxylic acids is 1. The van der Waals surface area contributed by atoms with Gasteiger partial charge in [-0.15, -0.1) is 0 Å². The second-order valence-corrected chi connectivity index (χ2v) is 5.29. The maximum atomic E-state index is 12.1. The summed E-state index contributed by atoms with van der Waals surface area (Å²) in [6.45, 7) is 2.01. The smallest absolute Gasteiger partial charge is 0.167 e. The minimum absolute atomic E-state index is 0.122. The van der Waals surface area contributed by atoms with Crippen LogP contribution in [-0.2, 0) is 6.42 Å². The average Bonchev–Trinajstić information content (AvgIpc) is 2.39. The average molecular weight is 319 g/mol. The van der Waals surface area contributed by atoms with Gasteiger partial charge in [0.25, 0.3) is 0 Å². The van der Waals surface area contributed by atoms with E-state index in [9.17, 15) is 4.79 Å². The number of methoxy groups -OCH3 is 1. The van der Waals surface area contributed by atoms with E-state index in [0.717, 1.165) is 26.9 Å². The van der Waals surface area contributed by atoms with Gasteiger partial charge in [0, 0.05) is 12.0 Å². The van der Waals surface area contributed by atoms with Crippen molar-refractivity contribution in [1.29, 1.82) is 0 Å². The molecule has 0 N–H and O–H groups in total. The Kier molecular flexibility index (Phi) is 4.38. The summed E-state index contributed by atoms with van der Waals surface area (Å²) in [6, 6.07) is 13.4. The van der Waals surface area contributed by atoms with Gasteiger partial charge in [-0.05, 0) is 40.5 Å². The van der Waals surface area contributed by atoms with Crippen LogP contribution in [0.5, 0.6) is 5.75 Å². The van der Waals surface area contributed by atoms with Crippen LogP contribution < -0.4 is 4.74 Å². The molecule has 2 aromatic rings. The van der Waals surface area contributed by atoms with Crippen LogP contribution in [0.1, 0.15) is 21.5 Å². The van der Waals surface area contributed by atoms with E-state index < -0.39 is 0 Å². The molecule has 2 aromatic carbocycles. The Hall–Kier alpha value is -1.61. The summed E-state index contributed by atoms with van der Waals surface area (Å²) in [5, 5.41) is 0. The second kappa shape index (κ2) is 6.02. The van der Waals surface area contributed by atoms with Crippen molar-refractivity contribution in [2.75, 3.05) is 7.11 Å². The van der Waals surface area contributed by atoms with Crippen molar-refractivity contribution in [3.05, 3.63) is 63.6 Å². The first-order valence-electron chi connectivity index (χ1n) is 6.02. The molecule has 0 bridgehead atoms. The summed E-state index contributed by atoms with van der Waals surface area (Å²) in [5.41, 5.74) is 2.87.